The molecule has 1 amide bonds. The maximum Gasteiger partial charge on any atom is 0.335 e. The van der Waals surface area contributed by atoms with Crippen molar-refractivity contribution in [2.75, 3.05) is 23.5 Å². The third-order valence-corrected chi connectivity index (χ3v) is 4.52. The van der Waals surface area contributed by atoms with Crippen molar-refractivity contribution in [3.63, 3.8) is 0 Å². The molecule has 0 radical (unpaired) electrons. The second kappa shape index (κ2) is 7.45. The highest BCUT2D eigenvalue weighted by atomic mass is 16.4. The molecule has 0 unspecified atom stereocenters. The molecule has 1 N–H and O–H groups in total. The van der Waals surface area contributed by atoms with Gasteiger partial charge in [-0.25, -0.2) is 4.79 Å². The van der Waals surface area contributed by atoms with E-state index in [4.69, 9.17) is 5.11 Å². The van der Waals surface area contributed by atoms with Crippen molar-refractivity contribution in [2.45, 2.75) is 13.8 Å². The summed E-state index contributed by atoms with van der Waals surface area (Å²) in [5.74, 6) is -1.32. The molecule has 1 aliphatic rings. The molecule has 0 bridgehead atoms. The average Bonchev–Trinajstić information content (AvgIpc) is 2.96. The smallest absolute Gasteiger partial charge is 0.335 e. The van der Waals surface area contributed by atoms with Crippen molar-refractivity contribution in [3.05, 3.63) is 65.2 Å². The fraction of sp³-hybridized carbons (Fsp3) is 0.190. The Hall–Kier alpha value is -3.41. The van der Waals surface area contributed by atoms with Gasteiger partial charge in [0, 0.05) is 19.3 Å². The molecule has 6 heteroatoms. The van der Waals surface area contributed by atoms with Crippen molar-refractivity contribution < 1.29 is 14.7 Å². The van der Waals surface area contributed by atoms with Crippen LogP contribution in [0, 0.1) is 0 Å². The second-order valence-electron chi connectivity index (χ2n) is 6.32. The first kappa shape index (κ1) is 18.4. The molecule has 0 spiro atoms. The summed E-state index contributed by atoms with van der Waals surface area (Å²) in [5.41, 5.74) is 3.64. The van der Waals surface area contributed by atoms with Crippen molar-refractivity contribution in [1.29, 1.82) is 0 Å². The van der Waals surface area contributed by atoms with Crippen LogP contribution >= 0.6 is 0 Å². The zero-order valence-corrected chi connectivity index (χ0v) is 15.5. The van der Waals surface area contributed by atoms with Gasteiger partial charge in [0.1, 0.15) is 0 Å². The molecule has 0 saturated carbocycles. The number of hydrogen-bond donors (Lipinski definition) is 1. The molecule has 138 valence electrons. The molecule has 2 aromatic rings. The number of rotatable bonds is 5. The van der Waals surface area contributed by atoms with Crippen LogP contribution in [0.15, 0.2) is 59.2 Å². The van der Waals surface area contributed by atoms with E-state index in [1.807, 2.05) is 31.3 Å². The molecule has 1 aliphatic heterocycles. The number of hydrazone groups is 1. The molecule has 0 atom stereocenters. The van der Waals surface area contributed by atoms with Gasteiger partial charge in [0.2, 0.25) is 0 Å². The Labute approximate surface area is 158 Å². The Morgan fingerprint density at radius 1 is 1.22 bits per heavy atom. The highest BCUT2D eigenvalue weighted by Crippen LogP contribution is 2.26. The number of aromatic carboxylic acids is 1. The van der Waals surface area contributed by atoms with Gasteiger partial charge in [-0.3, -0.25) is 4.79 Å². The quantitative estimate of drug-likeness (QED) is 0.823. The highest BCUT2D eigenvalue weighted by molar-refractivity contribution is 6.32. The standard InChI is InChI=1S/C21H21N3O3/c1-4-23(3)17-10-8-15(9-11-17)12-19-14(2)22-24(20(19)25)18-7-5-6-16(13-18)21(26)27/h5-13H,4H2,1-3H3,(H,26,27)/b19-12-. The normalized spacial score (nSPS) is 15.2. The largest absolute Gasteiger partial charge is 0.478 e. The first-order valence-electron chi connectivity index (χ1n) is 8.67. The third-order valence-electron chi connectivity index (χ3n) is 4.52. The van der Waals surface area contributed by atoms with Gasteiger partial charge in [-0.1, -0.05) is 18.2 Å². The molecule has 27 heavy (non-hydrogen) atoms. The van der Waals surface area contributed by atoms with E-state index in [1.165, 1.54) is 17.1 Å². The van der Waals surface area contributed by atoms with E-state index < -0.39 is 5.97 Å². The molecule has 3 rings (SSSR count). The lowest BCUT2D eigenvalue weighted by Gasteiger charge is -2.16. The molecule has 6 nitrogen and oxygen atoms in total. The summed E-state index contributed by atoms with van der Waals surface area (Å²) in [5, 5.41) is 14.7. The number of carboxylic acids is 1. The molecular formula is C21H21N3O3. The van der Waals surface area contributed by atoms with E-state index >= 15 is 0 Å². The number of nitrogens with zero attached hydrogens (tertiary/aromatic N) is 3. The maximum absolute atomic E-state index is 12.8. The summed E-state index contributed by atoms with van der Waals surface area (Å²) in [4.78, 5) is 26.1. The van der Waals surface area contributed by atoms with Gasteiger partial charge in [-0.05, 0) is 55.8 Å². The molecule has 0 saturated heterocycles. The lowest BCUT2D eigenvalue weighted by atomic mass is 10.1. The van der Waals surface area contributed by atoms with E-state index in [9.17, 15) is 9.59 Å². The minimum atomic E-state index is -1.04. The summed E-state index contributed by atoms with van der Waals surface area (Å²) in [7, 11) is 2.02. The second-order valence-corrected chi connectivity index (χ2v) is 6.32. The first-order valence-corrected chi connectivity index (χ1v) is 8.67. The summed E-state index contributed by atoms with van der Waals surface area (Å²) in [6.45, 7) is 4.76. The Bertz CT molecular complexity index is 945. The van der Waals surface area contributed by atoms with Crippen LogP contribution in [0.1, 0.15) is 29.8 Å². The van der Waals surface area contributed by atoms with Crippen molar-refractivity contribution in [2.24, 2.45) is 5.10 Å². The van der Waals surface area contributed by atoms with E-state index in [0.29, 0.717) is 17.0 Å². The molecule has 1 heterocycles. The van der Waals surface area contributed by atoms with Gasteiger partial charge >= 0.3 is 5.97 Å². The average molecular weight is 363 g/mol. The summed E-state index contributed by atoms with van der Waals surface area (Å²) < 4.78 is 0. The number of carboxylic acid groups (broad SMARTS) is 1. The number of carbonyl (C=O) groups is 2. The maximum atomic E-state index is 12.8. The molecule has 2 aromatic carbocycles. The topological polar surface area (TPSA) is 73.2 Å². The van der Waals surface area contributed by atoms with Gasteiger partial charge in [-0.15, -0.1) is 0 Å². The van der Waals surface area contributed by atoms with Crippen LogP contribution in [0.3, 0.4) is 0 Å². The lowest BCUT2D eigenvalue weighted by Crippen LogP contribution is -2.21. The summed E-state index contributed by atoms with van der Waals surface area (Å²) in [6.07, 6.45) is 1.80. The highest BCUT2D eigenvalue weighted by Gasteiger charge is 2.29. The predicted molar refractivity (Wildman–Crippen MR) is 107 cm³/mol. The van der Waals surface area contributed by atoms with Crippen molar-refractivity contribution >= 4 is 35.0 Å². The number of benzene rings is 2. The zero-order valence-electron chi connectivity index (χ0n) is 15.5. The van der Waals surface area contributed by atoms with Gasteiger partial charge in [-0.2, -0.15) is 10.1 Å². The minimum absolute atomic E-state index is 0.112. The fourth-order valence-corrected chi connectivity index (χ4v) is 2.80. The van der Waals surface area contributed by atoms with Gasteiger partial charge < -0.3 is 10.0 Å². The number of anilines is 2. The Morgan fingerprint density at radius 3 is 2.56 bits per heavy atom. The third kappa shape index (κ3) is 3.74. The van der Waals surface area contributed by atoms with Crippen LogP contribution in [0.4, 0.5) is 11.4 Å². The predicted octanol–water partition coefficient (Wildman–Crippen LogP) is 3.65. The lowest BCUT2D eigenvalue weighted by molar-refractivity contribution is -0.114. The number of hydrogen-bond acceptors (Lipinski definition) is 4. The van der Waals surface area contributed by atoms with E-state index in [1.54, 1.807) is 25.1 Å². The van der Waals surface area contributed by atoms with E-state index in [-0.39, 0.29) is 11.5 Å². The van der Waals surface area contributed by atoms with Crippen LogP contribution in [0.5, 0.6) is 0 Å². The van der Waals surface area contributed by atoms with Gasteiger partial charge in [0.15, 0.2) is 0 Å². The number of amides is 1. The van der Waals surface area contributed by atoms with Gasteiger partial charge in [0.05, 0.1) is 22.5 Å². The van der Waals surface area contributed by atoms with Crippen LogP contribution in [0.25, 0.3) is 6.08 Å². The molecular weight excluding hydrogens is 342 g/mol. The Morgan fingerprint density at radius 2 is 1.93 bits per heavy atom. The monoisotopic (exact) mass is 363 g/mol. The Kier molecular flexibility index (Phi) is 5.07. The fourth-order valence-electron chi connectivity index (χ4n) is 2.80. The van der Waals surface area contributed by atoms with Crippen molar-refractivity contribution in [1.82, 2.24) is 0 Å². The minimum Gasteiger partial charge on any atom is -0.478 e. The molecule has 0 fully saturated rings. The van der Waals surface area contributed by atoms with E-state index in [0.717, 1.165) is 17.8 Å². The van der Waals surface area contributed by atoms with Crippen LogP contribution in [-0.4, -0.2) is 36.3 Å². The molecule has 0 aliphatic carbocycles. The summed E-state index contributed by atoms with van der Waals surface area (Å²) in [6, 6.07) is 14.1. The first-order chi connectivity index (χ1) is 12.9. The van der Waals surface area contributed by atoms with E-state index in [2.05, 4.69) is 16.9 Å². The SMILES string of the molecule is CCN(C)c1ccc(/C=C2\C(=O)N(c3cccc(C(=O)O)c3)N=C2C)cc1. The van der Waals surface area contributed by atoms with Crippen molar-refractivity contribution in [3.8, 4) is 0 Å². The van der Waals surface area contributed by atoms with Gasteiger partial charge in [0.25, 0.3) is 5.91 Å². The molecule has 0 aromatic heterocycles. The zero-order chi connectivity index (χ0) is 19.6. The number of carbonyl (C=O) groups excluding carboxylic acids is 1. The summed E-state index contributed by atoms with van der Waals surface area (Å²) >= 11 is 0. The van der Waals surface area contributed by atoms with Crippen LogP contribution < -0.4 is 9.91 Å². The Balaban J connectivity index is 1.88. The van der Waals surface area contributed by atoms with Crippen LogP contribution in [0.2, 0.25) is 0 Å². The van der Waals surface area contributed by atoms with Crippen LogP contribution in [-0.2, 0) is 4.79 Å².